The maximum atomic E-state index is 14.0. The summed E-state index contributed by atoms with van der Waals surface area (Å²) in [6.07, 6.45) is 2.20. The van der Waals surface area contributed by atoms with E-state index in [1.165, 1.54) is 6.92 Å². The fourth-order valence-corrected chi connectivity index (χ4v) is 5.44. The average Bonchev–Trinajstić information content (AvgIpc) is 3.09. The number of carbonyl (C=O) groups is 6. The first kappa shape index (κ1) is 43.3. The standard InChI is InChI=1S/C38H57N7O7/c1-23(2)20-29(42-33(46)28(40)18-12-13-19-39)36(49)45-32(24(3)4)37(50)44-31(22-27-16-10-7-11-17-27)35(48)43-30(21-26-14-8-6-9-15-26)34(47)41-25(5)38(51)52/h6-11,14-17,23-25,28-32H,12-13,18-22,39-40H2,1-5H3,(H,41,47)(H,42,46)(H,43,48)(H,44,50)(H,45,49)(H,51,52)/t25-,28-,29-,30-,31-,32-/m1/s1. The zero-order valence-corrected chi connectivity index (χ0v) is 30.9. The molecule has 0 bridgehead atoms. The molecule has 0 aliphatic rings. The van der Waals surface area contributed by atoms with Gasteiger partial charge in [-0.05, 0) is 55.7 Å². The fourth-order valence-electron chi connectivity index (χ4n) is 5.44. The van der Waals surface area contributed by atoms with Crippen LogP contribution < -0.4 is 38.1 Å². The number of hydrogen-bond donors (Lipinski definition) is 8. The van der Waals surface area contributed by atoms with E-state index in [4.69, 9.17) is 11.5 Å². The molecule has 2 aromatic rings. The molecule has 286 valence electrons. The van der Waals surface area contributed by atoms with Crippen molar-refractivity contribution in [2.24, 2.45) is 23.3 Å². The van der Waals surface area contributed by atoms with Crippen molar-refractivity contribution in [3.8, 4) is 0 Å². The van der Waals surface area contributed by atoms with Crippen molar-refractivity contribution in [2.75, 3.05) is 6.54 Å². The number of carboxylic acid groups (broad SMARTS) is 1. The highest BCUT2D eigenvalue weighted by Gasteiger charge is 2.34. The Morgan fingerprint density at radius 1 is 0.615 bits per heavy atom. The van der Waals surface area contributed by atoms with E-state index < -0.39 is 77.7 Å². The third-order valence-electron chi connectivity index (χ3n) is 8.45. The monoisotopic (exact) mass is 723 g/mol. The summed E-state index contributed by atoms with van der Waals surface area (Å²) in [4.78, 5) is 79.1. The summed E-state index contributed by atoms with van der Waals surface area (Å²) in [6, 6.07) is 11.4. The van der Waals surface area contributed by atoms with Crippen molar-refractivity contribution >= 4 is 35.5 Å². The molecule has 14 nitrogen and oxygen atoms in total. The summed E-state index contributed by atoms with van der Waals surface area (Å²) >= 11 is 0. The van der Waals surface area contributed by atoms with Gasteiger partial charge in [0.2, 0.25) is 29.5 Å². The molecule has 0 heterocycles. The summed E-state index contributed by atoms with van der Waals surface area (Å²) in [5.74, 6) is -4.72. The Morgan fingerprint density at radius 3 is 1.54 bits per heavy atom. The number of unbranched alkanes of at least 4 members (excludes halogenated alkanes) is 1. The Morgan fingerprint density at radius 2 is 1.08 bits per heavy atom. The molecule has 2 aromatic carbocycles. The highest BCUT2D eigenvalue weighted by molar-refractivity contribution is 5.96. The lowest BCUT2D eigenvalue weighted by molar-refractivity contribution is -0.141. The number of carbonyl (C=O) groups excluding carboxylic acids is 5. The molecular formula is C38H57N7O7. The largest absolute Gasteiger partial charge is 0.480 e. The molecule has 6 atom stereocenters. The van der Waals surface area contributed by atoms with Crippen LogP contribution in [0, 0.1) is 11.8 Å². The van der Waals surface area contributed by atoms with Crippen LogP contribution in [0.4, 0.5) is 0 Å². The van der Waals surface area contributed by atoms with Crippen molar-refractivity contribution in [3.63, 3.8) is 0 Å². The molecule has 0 radical (unpaired) electrons. The van der Waals surface area contributed by atoms with Crippen LogP contribution in [0.1, 0.15) is 71.4 Å². The van der Waals surface area contributed by atoms with Crippen molar-refractivity contribution in [1.82, 2.24) is 26.6 Å². The van der Waals surface area contributed by atoms with Crippen molar-refractivity contribution in [2.45, 2.75) is 109 Å². The molecule has 0 saturated carbocycles. The number of nitrogens with two attached hydrogens (primary N) is 2. The van der Waals surface area contributed by atoms with E-state index in [0.717, 1.165) is 17.5 Å². The summed E-state index contributed by atoms with van der Waals surface area (Å²) < 4.78 is 0. The van der Waals surface area contributed by atoms with Crippen LogP contribution in [0.5, 0.6) is 0 Å². The van der Waals surface area contributed by atoms with Gasteiger partial charge in [-0.3, -0.25) is 28.8 Å². The fraction of sp³-hybridized carbons (Fsp3) is 0.526. The summed E-state index contributed by atoms with van der Waals surface area (Å²) in [7, 11) is 0. The lowest BCUT2D eigenvalue weighted by Gasteiger charge is -2.29. The Kier molecular flexibility index (Phi) is 18.5. The quantitative estimate of drug-likeness (QED) is 0.0813. The number of amides is 5. The van der Waals surface area contributed by atoms with Crippen molar-refractivity contribution < 1.29 is 33.9 Å². The number of carboxylic acids is 1. The highest BCUT2D eigenvalue weighted by Crippen LogP contribution is 2.12. The second-order valence-electron chi connectivity index (χ2n) is 13.9. The van der Waals surface area contributed by atoms with Gasteiger partial charge in [0, 0.05) is 12.8 Å². The second kappa shape index (κ2) is 22.2. The molecular weight excluding hydrogens is 666 g/mol. The molecule has 14 heteroatoms. The van der Waals surface area contributed by atoms with E-state index in [1.54, 1.807) is 68.4 Å². The van der Waals surface area contributed by atoms with Gasteiger partial charge in [0.05, 0.1) is 6.04 Å². The first-order valence-electron chi connectivity index (χ1n) is 17.9. The van der Waals surface area contributed by atoms with Gasteiger partial charge < -0.3 is 43.2 Å². The van der Waals surface area contributed by atoms with E-state index >= 15 is 0 Å². The summed E-state index contributed by atoms with van der Waals surface area (Å²) in [5, 5.41) is 22.8. The molecule has 2 rings (SSSR count). The van der Waals surface area contributed by atoms with Gasteiger partial charge in [-0.2, -0.15) is 0 Å². The van der Waals surface area contributed by atoms with Crippen LogP contribution in [-0.2, 0) is 41.6 Å². The highest BCUT2D eigenvalue weighted by atomic mass is 16.4. The zero-order chi connectivity index (χ0) is 38.8. The number of rotatable bonds is 22. The number of aliphatic carboxylic acids is 1. The van der Waals surface area contributed by atoms with Gasteiger partial charge >= 0.3 is 5.97 Å². The third-order valence-corrected chi connectivity index (χ3v) is 8.45. The van der Waals surface area contributed by atoms with Crippen LogP contribution >= 0.6 is 0 Å². The third kappa shape index (κ3) is 15.2. The minimum atomic E-state index is -1.24. The molecule has 0 spiro atoms. The van der Waals surface area contributed by atoms with Crippen LogP contribution in [-0.4, -0.2) is 83.4 Å². The molecule has 10 N–H and O–H groups in total. The summed E-state index contributed by atoms with van der Waals surface area (Å²) in [5.41, 5.74) is 13.1. The van der Waals surface area contributed by atoms with Gasteiger partial charge in [0.1, 0.15) is 30.2 Å². The molecule has 0 aliphatic heterocycles. The minimum absolute atomic E-state index is 0.0225. The molecule has 0 aliphatic carbocycles. The number of benzene rings is 2. The molecule has 0 saturated heterocycles. The maximum Gasteiger partial charge on any atom is 0.325 e. The van der Waals surface area contributed by atoms with E-state index in [1.807, 2.05) is 19.9 Å². The maximum absolute atomic E-state index is 14.0. The molecule has 5 amide bonds. The van der Waals surface area contributed by atoms with Gasteiger partial charge in [-0.15, -0.1) is 0 Å². The SMILES string of the molecule is CC(C)C[C@@H](NC(=O)[C@H](N)CCCCN)C(=O)N[C@@H](C(=O)N[C@H](Cc1ccccc1)C(=O)N[C@H](Cc1ccccc1)C(=O)N[C@H](C)C(=O)O)C(C)C. The predicted molar refractivity (Wildman–Crippen MR) is 198 cm³/mol. The Balaban J connectivity index is 2.33. The van der Waals surface area contributed by atoms with E-state index in [9.17, 15) is 33.9 Å². The van der Waals surface area contributed by atoms with E-state index in [2.05, 4.69) is 26.6 Å². The summed E-state index contributed by atoms with van der Waals surface area (Å²) in [6.45, 7) is 9.08. The van der Waals surface area contributed by atoms with Gasteiger partial charge in [-0.1, -0.05) is 94.8 Å². The van der Waals surface area contributed by atoms with Crippen LogP contribution in [0.3, 0.4) is 0 Å². The van der Waals surface area contributed by atoms with Crippen LogP contribution in [0.2, 0.25) is 0 Å². The Hall–Kier alpha value is -4.82. The van der Waals surface area contributed by atoms with Crippen LogP contribution in [0.25, 0.3) is 0 Å². The molecule has 0 unspecified atom stereocenters. The second-order valence-corrected chi connectivity index (χ2v) is 13.9. The van der Waals surface area contributed by atoms with E-state index in [0.29, 0.717) is 25.8 Å². The Labute approximate surface area is 306 Å². The minimum Gasteiger partial charge on any atom is -0.480 e. The lowest BCUT2D eigenvalue weighted by atomic mass is 9.98. The zero-order valence-electron chi connectivity index (χ0n) is 30.9. The van der Waals surface area contributed by atoms with Crippen molar-refractivity contribution in [1.29, 1.82) is 0 Å². The molecule has 52 heavy (non-hydrogen) atoms. The molecule has 0 aromatic heterocycles. The van der Waals surface area contributed by atoms with E-state index in [-0.39, 0.29) is 18.8 Å². The number of nitrogens with one attached hydrogen (secondary N) is 5. The number of hydrogen-bond acceptors (Lipinski definition) is 8. The van der Waals surface area contributed by atoms with Gasteiger partial charge in [0.15, 0.2) is 0 Å². The van der Waals surface area contributed by atoms with Crippen LogP contribution in [0.15, 0.2) is 60.7 Å². The normalized spacial score (nSPS) is 14.6. The smallest absolute Gasteiger partial charge is 0.325 e. The average molecular weight is 724 g/mol. The van der Waals surface area contributed by atoms with Gasteiger partial charge in [0.25, 0.3) is 0 Å². The Bertz CT molecular complexity index is 1460. The predicted octanol–water partition coefficient (Wildman–Crippen LogP) is 1.16. The molecule has 0 fully saturated rings. The topological polar surface area (TPSA) is 235 Å². The van der Waals surface area contributed by atoms with Gasteiger partial charge in [-0.25, -0.2) is 0 Å². The van der Waals surface area contributed by atoms with Crippen molar-refractivity contribution in [3.05, 3.63) is 71.8 Å². The lowest BCUT2D eigenvalue weighted by Crippen LogP contribution is -2.60. The first-order valence-corrected chi connectivity index (χ1v) is 17.9. The first-order chi connectivity index (χ1) is 24.6.